The van der Waals surface area contributed by atoms with Crippen LogP contribution in [0.3, 0.4) is 0 Å². The van der Waals surface area contributed by atoms with Crippen molar-refractivity contribution in [3.05, 3.63) is 40.9 Å². The maximum Gasteiger partial charge on any atom is 0.324 e. The van der Waals surface area contributed by atoms with Gasteiger partial charge in [-0.1, -0.05) is 32.9 Å². The maximum atomic E-state index is 12.6. The molecule has 0 saturated carbocycles. The third kappa shape index (κ3) is 5.15. The summed E-state index contributed by atoms with van der Waals surface area (Å²) in [6.45, 7) is 6.37. The molecular formula is C21H26N4O4S. The summed E-state index contributed by atoms with van der Waals surface area (Å²) in [5.41, 5.74) is 1.76. The predicted octanol–water partition coefficient (Wildman–Crippen LogP) is 2.94. The van der Waals surface area contributed by atoms with E-state index < -0.39 is 18.0 Å². The Morgan fingerprint density at radius 1 is 1.27 bits per heavy atom. The lowest BCUT2D eigenvalue weighted by atomic mass is 9.93. The standard InChI is InChI=1S/C21H26N4O4S/c1-21(2,3)16-12-30-19(23-16)24-17(26)11-15-18(27)25(20(28)22-15)10-9-13-5-7-14(29-4)8-6-13/h5-8,12,15H,9-11H2,1-4H3,(H,22,28)(H,23,24,26)/t15-/m1/s1. The van der Waals surface area contributed by atoms with E-state index in [2.05, 4.69) is 15.6 Å². The second kappa shape index (κ2) is 8.83. The van der Waals surface area contributed by atoms with Gasteiger partial charge in [0.25, 0.3) is 5.91 Å². The maximum absolute atomic E-state index is 12.6. The van der Waals surface area contributed by atoms with Gasteiger partial charge in [-0.25, -0.2) is 9.78 Å². The summed E-state index contributed by atoms with van der Waals surface area (Å²) in [5, 5.41) is 7.69. The first-order chi connectivity index (χ1) is 14.2. The molecule has 160 valence electrons. The Morgan fingerprint density at radius 2 is 1.97 bits per heavy atom. The number of thiazole rings is 1. The fourth-order valence-electron chi connectivity index (χ4n) is 2.99. The van der Waals surface area contributed by atoms with Gasteiger partial charge >= 0.3 is 6.03 Å². The molecule has 1 aromatic carbocycles. The number of nitrogens with one attached hydrogen (secondary N) is 2. The second-order valence-electron chi connectivity index (χ2n) is 8.13. The van der Waals surface area contributed by atoms with Gasteiger partial charge in [0.2, 0.25) is 5.91 Å². The van der Waals surface area contributed by atoms with Crippen LogP contribution < -0.4 is 15.4 Å². The van der Waals surface area contributed by atoms with Crippen LogP contribution in [-0.2, 0) is 21.4 Å². The summed E-state index contributed by atoms with van der Waals surface area (Å²) < 4.78 is 5.12. The zero-order chi connectivity index (χ0) is 21.9. The number of carbonyl (C=O) groups excluding carboxylic acids is 3. The van der Waals surface area contributed by atoms with Gasteiger partial charge in [0, 0.05) is 17.3 Å². The number of aromatic nitrogens is 1. The van der Waals surface area contributed by atoms with Crippen molar-refractivity contribution in [2.24, 2.45) is 0 Å². The van der Waals surface area contributed by atoms with E-state index in [-0.39, 0.29) is 24.3 Å². The van der Waals surface area contributed by atoms with Crippen LogP contribution in [0.15, 0.2) is 29.6 Å². The number of anilines is 1. The SMILES string of the molecule is COc1ccc(CCN2C(=O)N[C@H](CC(=O)Nc3nc(C(C)(C)C)cs3)C2=O)cc1. The van der Waals surface area contributed by atoms with Crippen LogP contribution in [0.5, 0.6) is 5.75 Å². The van der Waals surface area contributed by atoms with Gasteiger partial charge in [0.05, 0.1) is 19.2 Å². The van der Waals surface area contributed by atoms with Gasteiger partial charge < -0.3 is 15.4 Å². The van der Waals surface area contributed by atoms with E-state index in [1.807, 2.05) is 50.4 Å². The number of hydrogen-bond acceptors (Lipinski definition) is 6. The number of methoxy groups -OCH3 is 1. The highest BCUT2D eigenvalue weighted by molar-refractivity contribution is 7.13. The summed E-state index contributed by atoms with van der Waals surface area (Å²) >= 11 is 1.34. The average molecular weight is 431 g/mol. The highest BCUT2D eigenvalue weighted by atomic mass is 32.1. The second-order valence-corrected chi connectivity index (χ2v) is 8.99. The number of carbonyl (C=O) groups is 3. The van der Waals surface area contributed by atoms with Gasteiger partial charge in [0.15, 0.2) is 5.13 Å². The van der Waals surface area contributed by atoms with Crippen LogP contribution in [0.4, 0.5) is 9.93 Å². The van der Waals surface area contributed by atoms with Gasteiger partial charge in [-0.2, -0.15) is 0 Å². The summed E-state index contributed by atoms with van der Waals surface area (Å²) in [5.74, 6) is -0.00619. The van der Waals surface area contributed by atoms with E-state index in [4.69, 9.17) is 4.74 Å². The fourth-order valence-corrected chi connectivity index (χ4v) is 3.94. The van der Waals surface area contributed by atoms with Crippen LogP contribution in [-0.4, -0.2) is 47.4 Å². The highest BCUT2D eigenvalue weighted by Gasteiger charge is 2.38. The minimum Gasteiger partial charge on any atom is -0.497 e. The number of imide groups is 1. The number of hydrogen-bond donors (Lipinski definition) is 2. The molecule has 30 heavy (non-hydrogen) atoms. The fraction of sp³-hybridized carbons (Fsp3) is 0.429. The molecule has 3 rings (SSSR count). The molecule has 1 aliphatic heterocycles. The Balaban J connectivity index is 1.53. The Bertz CT molecular complexity index is 933. The molecule has 1 atom stereocenters. The third-order valence-electron chi connectivity index (χ3n) is 4.80. The smallest absolute Gasteiger partial charge is 0.324 e. The Labute approximate surface area is 179 Å². The van der Waals surface area contributed by atoms with Crippen molar-refractivity contribution in [2.75, 3.05) is 19.0 Å². The van der Waals surface area contributed by atoms with E-state index in [9.17, 15) is 14.4 Å². The molecule has 0 bridgehead atoms. The third-order valence-corrected chi connectivity index (χ3v) is 5.56. The van der Waals surface area contributed by atoms with E-state index >= 15 is 0 Å². The van der Waals surface area contributed by atoms with Crippen molar-refractivity contribution in [3.8, 4) is 5.75 Å². The molecule has 1 aliphatic rings. The number of ether oxygens (including phenoxy) is 1. The normalized spacial score (nSPS) is 16.5. The molecule has 1 saturated heterocycles. The van der Waals surface area contributed by atoms with Gasteiger partial charge in [0.1, 0.15) is 11.8 Å². The average Bonchev–Trinajstić information content (AvgIpc) is 3.26. The number of nitrogens with zero attached hydrogens (tertiary/aromatic N) is 2. The van der Waals surface area contributed by atoms with Crippen molar-refractivity contribution < 1.29 is 19.1 Å². The lowest BCUT2D eigenvalue weighted by Gasteiger charge is -2.14. The number of urea groups is 1. The lowest BCUT2D eigenvalue weighted by molar-refractivity contribution is -0.129. The van der Waals surface area contributed by atoms with Crippen molar-refractivity contribution in [1.29, 1.82) is 0 Å². The van der Waals surface area contributed by atoms with Crippen molar-refractivity contribution in [3.63, 3.8) is 0 Å². The minimum absolute atomic E-state index is 0.112. The predicted molar refractivity (Wildman–Crippen MR) is 115 cm³/mol. The summed E-state index contributed by atoms with van der Waals surface area (Å²) in [6.07, 6.45) is 0.394. The van der Waals surface area contributed by atoms with Crippen molar-refractivity contribution in [2.45, 2.75) is 45.1 Å². The number of amides is 4. The largest absolute Gasteiger partial charge is 0.497 e. The Kier molecular flexibility index (Phi) is 6.40. The molecular weight excluding hydrogens is 404 g/mol. The summed E-state index contributed by atoms with van der Waals surface area (Å²) in [6, 6.07) is 6.10. The molecule has 0 aliphatic carbocycles. The van der Waals surface area contributed by atoms with E-state index in [0.29, 0.717) is 11.6 Å². The number of rotatable bonds is 7. The van der Waals surface area contributed by atoms with E-state index in [1.165, 1.54) is 11.3 Å². The molecule has 1 aromatic heterocycles. The molecule has 9 heteroatoms. The Hall–Kier alpha value is -2.94. The molecule has 8 nitrogen and oxygen atoms in total. The first-order valence-corrected chi connectivity index (χ1v) is 10.6. The van der Waals surface area contributed by atoms with Crippen LogP contribution >= 0.6 is 11.3 Å². The molecule has 1 fully saturated rings. The van der Waals surface area contributed by atoms with Crippen LogP contribution in [0.1, 0.15) is 38.4 Å². The molecule has 0 radical (unpaired) electrons. The van der Waals surface area contributed by atoms with Crippen LogP contribution in [0.25, 0.3) is 0 Å². The zero-order valence-corrected chi connectivity index (χ0v) is 18.3. The molecule has 2 aromatic rings. The van der Waals surface area contributed by atoms with E-state index in [1.54, 1.807) is 7.11 Å². The summed E-state index contributed by atoms with van der Waals surface area (Å²) in [4.78, 5) is 42.7. The van der Waals surface area contributed by atoms with Gasteiger partial charge in [-0.15, -0.1) is 11.3 Å². The number of benzene rings is 1. The molecule has 2 N–H and O–H groups in total. The monoisotopic (exact) mass is 430 g/mol. The van der Waals surface area contributed by atoms with E-state index in [0.717, 1.165) is 21.9 Å². The molecule has 2 heterocycles. The first kappa shape index (κ1) is 21.8. The first-order valence-electron chi connectivity index (χ1n) is 9.68. The highest BCUT2D eigenvalue weighted by Crippen LogP contribution is 2.26. The topological polar surface area (TPSA) is 101 Å². The lowest BCUT2D eigenvalue weighted by Crippen LogP contribution is -2.35. The Morgan fingerprint density at radius 3 is 2.57 bits per heavy atom. The summed E-state index contributed by atoms with van der Waals surface area (Å²) in [7, 11) is 1.59. The van der Waals surface area contributed by atoms with Gasteiger partial charge in [-0.3, -0.25) is 14.5 Å². The van der Waals surface area contributed by atoms with Gasteiger partial charge in [-0.05, 0) is 24.1 Å². The quantitative estimate of drug-likeness (QED) is 0.658. The van der Waals surface area contributed by atoms with Crippen molar-refractivity contribution >= 4 is 34.3 Å². The molecule has 0 unspecified atom stereocenters. The van der Waals surface area contributed by atoms with Crippen LogP contribution in [0.2, 0.25) is 0 Å². The van der Waals surface area contributed by atoms with Crippen molar-refractivity contribution in [1.82, 2.24) is 15.2 Å². The zero-order valence-electron chi connectivity index (χ0n) is 17.5. The minimum atomic E-state index is -0.865. The molecule has 4 amide bonds. The van der Waals surface area contributed by atoms with Crippen LogP contribution in [0, 0.1) is 0 Å². The molecule has 0 spiro atoms.